The number of carbonyl (C=O) groups is 1. The van der Waals surface area contributed by atoms with Crippen molar-refractivity contribution in [2.75, 3.05) is 6.26 Å². The second-order valence-electron chi connectivity index (χ2n) is 5.29. The Balaban J connectivity index is 2.30. The van der Waals surface area contributed by atoms with E-state index >= 15 is 0 Å². The smallest absolute Gasteiger partial charge is 0.175 e. The highest BCUT2D eigenvalue weighted by atomic mass is 32.2. The minimum absolute atomic E-state index is 0.226. The van der Waals surface area contributed by atoms with Crippen molar-refractivity contribution in [1.29, 1.82) is 0 Å². The first-order valence-electron chi connectivity index (χ1n) is 6.12. The van der Waals surface area contributed by atoms with Gasteiger partial charge in [-0.1, -0.05) is 26.0 Å². The fraction of sp³-hybridized carbons (Fsp3) is 0.500. The number of hydrogen-bond donors (Lipinski definition) is 0. The van der Waals surface area contributed by atoms with E-state index < -0.39 is 9.84 Å². The van der Waals surface area contributed by atoms with Crippen molar-refractivity contribution in [3.05, 3.63) is 29.8 Å². The van der Waals surface area contributed by atoms with Crippen LogP contribution in [0.5, 0.6) is 0 Å². The molecule has 0 aliphatic heterocycles. The molecule has 4 heteroatoms. The highest BCUT2D eigenvalue weighted by Gasteiger charge is 2.49. The number of hydrogen-bond acceptors (Lipinski definition) is 3. The maximum atomic E-state index is 11.7. The quantitative estimate of drug-likeness (QED) is 0.845. The molecule has 2 rings (SSSR count). The third-order valence-corrected chi connectivity index (χ3v) is 5.37. The lowest BCUT2D eigenvalue weighted by atomic mass is 9.56. The van der Waals surface area contributed by atoms with Gasteiger partial charge < -0.3 is 0 Å². The molecule has 1 saturated carbocycles. The lowest BCUT2D eigenvalue weighted by Crippen LogP contribution is -2.45. The summed E-state index contributed by atoms with van der Waals surface area (Å²) in [5.74, 6) is 0.533. The molecular formula is C14H18O3S. The standard InChI is InChI=1S/C14H18O3S/c1-4-14(2)12(9-13(14)15)10-5-7-11(8-6-10)18(3,16)17/h5-8,12H,4,9H2,1-3H3. The maximum Gasteiger partial charge on any atom is 0.175 e. The van der Waals surface area contributed by atoms with Crippen LogP contribution in [0.25, 0.3) is 0 Å². The Hall–Kier alpha value is -1.16. The summed E-state index contributed by atoms with van der Waals surface area (Å²) in [6.07, 6.45) is 2.60. The molecule has 0 amide bonds. The van der Waals surface area contributed by atoms with E-state index in [0.29, 0.717) is 17.1 Å². The molecule has 0 bridgehead atoms. The summed E-state index contributed by atoms with van der Waals surface area (Å²) in [6, 6.07) is 6.93. The largest absolute Gasteiger partial charge is 0.299 e. The predicted molar refractivity (Wildman–Crippen MR) is 70.3 cm³/mol. The van der Waals surface area contributed by atoms with Crippen LogP contribution in [0.1, 0.15) is 38.2 Å². The summed E-state index contributed by atoms with van der Waals surface area (Å²) in [4.78, 5) is 12.0. The maximum absolute atomic E-state index is 11.7. The highest BCUT2D eigenvalue weighted by Crippen LogP contribution is 2.51. The van der Waals surface area contributed by atoms with Crippen molar-refractivity contribution in [3.8, 4) is 0 Å². The molecule has 0 saturated heterocycles. The molecule has 2 atom stereocenters. The molecule has 0 radical (unpaired) electrons. The third kappa shape index (κ3) is 1.99. The van der Waals surface area contributed by atoms with Crippen molar-refractivity contribution in [3.63, 3.8) is 0 Å². The molecule has 0 aromatic heterocycles. The van der Waals surface area contributed by atoms with Crippen molar-refractivity contribution in [2.45, 2.75) is 37.5 Å². The topological polar surface area (TPSA) is 51.2 Å². The van der Waals surface area contributed by atoms with E-state index in [0.717, 1.165) is 12.0 Å². The van der Waals surface area contributed by atoms with Crippen LogP contribution in [0.3, 0.4) is 0 Å². The van der Waals surface area contributed by atoms with E-state index in [2.05, 4.69) is 0 Å². The zero-order valence-corrected chi connectivity index (χ0v) is 11.8. The Labute approximate surface area is 108 Å². The van der Waals surface area contributed by atoms with Gasteiger partial charge in [-0.05, 0) is 24.1 Å². The van der Waals surface area contributed by atoms with Gasteiger partial charge in [0.1, 0.15) is 5.78 Å². The van der Waals surface area contributed by atoms with Crippen molar-refractivity contribution >= 4 is 15.6 Å². The van der Waals surface area contributed by atoms with Gasteiger partial charge in [0.05, 0.1) is 4.90 Å². The normalized spacial score (nSPS) is 27.9. The van der Waals surface area contributed by atoms with Gasteiger partial charge in [0, 0.05) is 24.0 Å². The second kappa shape index (κ2) is 4.19. The molecule has 0 N–H and O–H groups in total. The predicted octanol–water partition coefficient (Wildman–Crippen LogP) is 2.56. The number of sulfone groups is 1. The summed E-state index contributed by atoms with van der Waals surface area (Å²) in [5, 5.41) is 0. The highest BCUT2D eigenvalue weighted by molar-refractivity contribution is 7.90. The van der Waals surface area contributed by atoms with Crippen LogP contribution >= 0.6 is 0 Å². The number of rotatable bonds is 3. The average Bonchev–Trinajstić information content (AvgIpc) is 2.34. The molecule has 0 spiro atoms. The van der Waals surface area contributed by atoms with E-state index in [1.54, 1.807) is 12.1 Å². The van der Waals surface area contributed by atoms with E-state index in [-0.39, 0.29) is 11.3 Å². The summed E-state index contributed by atoms with van der Waals surface area (Å²) in [7, 11) is -3.15. The summed E-state index contributed by atoms with van der Waals surface area (Å²) >= 11 is 0. The van der Waals surface area contributed by atoms with E-state index in [9.17, 15) is 13.2 Å². The molecule has 18 heavy (non-hydrogen) atoms. The summed E-state index contributed by atoms with van der Waals surface area (Å²) < 4.78 is 22.8. The Bertz CT molecular complexity index is 572. The van der Waals surface area contributed by atoms with Gasteiger partial charge in [-0.25, -0.2) is 8.42 Å². The fourth-order valence-corrected chi connectivity index (χ4v) is 3.21. The minimum atomic E-state index is -3.15. The Morgan fingerprint density at radius 1 is 1.28 bits per heavy atom. The minimum Gasteiger partial charge on any atom is -0.299 e. The lowest BCUT2D eigenvalue weighted by Gasteiger charge is -2.45. The number of carbonyl (C=O) groups excluding carboxylic acids is 1. The van der Waals surface area contributed by atoms with Crippen LogP contribution in [0.15, 0.2) is 29.2 Å². The molecule has 1 aromatic rings. The van der Waals surface area contributed by atoms with Gasteiger partial charge in [0.15, 0.2) is 9.84 Å². The van der Waals surface area contributed by atoms with Crippen LogP contribution in [-0.4, -0.2) is 20.5 Å². The van der Waals surface area contributed by atoms with Crippen molar-refractivity contribution in [1.82, 2.24) is 0 Å². The molecule has 1 aliphatic rings. The van der Waals surface area contributed by atoms with Gasteiger partial charge in [-0.2, -0.15) is 0 Å². The van der Waals surface area contributed by atoms with Crippen LogP contribution in [0.4, 0.5) is 0 Å². The Kier molecular flexibility index (Phi) is 3.09. The van der Waals surface area contributed by atoms with Crippen molar-refractivity contribution < 1.29 is 13.2 Å². The molecule has 1 aliphatic carbocycles. The molecule has 98 valence electrons. The molecule has 1 aromatic carbocycles. The summed E-state index contributed by atoms with van der Waals surface area (Å²) in [6.45, 7) is 4.02. The lowest BCUT2D eigenvalue weighted by molar-refractivity contribution is -0.139. The number of benzene rings is 1. The molecule has 0 heterocycles. The zero-order chi connectivity index (χ0) is 13.6. The second-order valence-corrected chi connectivity index (χ2v) is 7.31. The first-order chi connectivity index (χ1) is 8.29. The van der Waals surface area contributed by atoms with Gasteiger partial charge in [-0.3, -0.25) is 4.79 Å². The molecule has 3 nitrogen and oxygen atoms in total. The zero-order valence-electron chi connectivity index (χ0n) is 10.9. The third-order valence-electron chi connectivity index (χ3n) is 4.24. The van der Waals surface area contributed by atoms with E-state index in [1.165, 1.54) is 6.26 Å². The number of Topliss-reactive ketones (excluding diaryl/α,β-unsaturated/α-hetero) is 1. The monoisotopic (exact) mass is 266 g/mol. The fourth-order valence-electron chi connectivity index (χ4n) is 2.58. The van der Waals surface area contributed by atoms with Gasteiger partial charge in [0.2, 0.25) is 0 Å². The molecule has 1 fully saturated rings. The van der Waals surface area contributed by atoms with Crippen molar-refractivity contribution in [2.24, 2.45) is 5.41 Å². The summed E-state index contributed by atoms with van der Waals surface area (Å²) in [5.41, 5.74) is 0.790. The van der Waals surface area contributed by atoms with E-state index in [4.69, 9.17) is 0 Å². The first kappa shape index (κ1) is 13.3. The number of ketones is 1. The van der Waals surface area contributed by atoms with Gasteiger partial charge >= 0.3 is 0 Å². The van der Waals surface area contributed by atoms with Crippen LogP contribution in [-0.2, 0) is 14.6 Å². The first-order valence-corrected chi connectivity index (χ1v) is 8.01. The van der Waals surface area contributed by atoms with Crippen LogP contribution < -0.4 is 0 Å². The van der Waals surface area contributed by atoms with Crippen LogP contribution in [0, 0.1) is 5.41 Å². The van der Waals surface area contributed by atoms with Gasteiger partial charge in [-0.15, -0.1) is 0 Å². The SMILES string of the molecule is CCC1(C)C(=O)CC1c1ccc(S(C)(=O)=O)cc1. The van der Waals surface area contributed by atoms with E-state index in [1.807, 2.05) is 26.0 Å². The average molecular weight is 266 g/mol. The molecular weight excluding hydrogens is 248 g/mol. The van der Waals surface area contributed by atoms with Gasteiger partial charge in [0.25, 0.3) is 0 Å². The Morgan fingerprint density at radius 2 is 1.83 bits per heavy atom. The Morgan fingerprint density at radius 3 is 2.22 bits per heavy atom. The van der Waals surface area contributed by atoms with Crippen LogP contribution in [0.2, 0.25) is 0 Å². The molecule has 2 unspecified atom stereocenters.